The standard InChI is InChI=1S/C13H17N3O3/c1-15-12(17)6-7-16(15)10-4-2-9(3-5-10)11(8-14)13(18)19/h2-5,11H,6-8,14H2,1H3,(H,18,19). The van der Waals surface area contributed by atoms with Crippen molar-refractivity contribution in [1.29, 1.82) is 0 Å². The van der Waals surface area contributed by atoms with Gasteiger partial charge in [-0.2, -0.15) is 0 Å². The van der Waals surface area contributed by atoms with Crippen LogP contribution in [0.1, 0.15) is 17.9 Å². The lowest BCUT2D eigenvalue weighted by atomic mass is 9.99. The average Bonchev–Trinajstić information content (AvgIpc) is 2.72. The minimum absolute atomic E-state index is 0.0663. The Morgan fingerprint density at radius 1 is 1.42 bits per heavy atom. The summed E-state index contributed by atoms with van der Waals surface area (Å²) in [4.78, 5) is 22.5. The first kappa shape index (κ1) is 13.4. The maximum atomic E-state index is 11.5. The highest BCUT2D eigenvalue weighted by atomic mass is 16.4. The second-order valence-electron chi connectivity index (χ2n) is 4.51. The minimum atomic E-state index is -0.927. The maximum Gasteiger partial charge on any atom is 0.312 e. The van der Waals surface area contributed by atoms with E-state index in [1.54, 1.807) is 24.2 Å². The molecule has 1 aromatic carbocycles. The molecule has 3 N–H and O–H groups in total. The number of amides is 1. The van der Waals surface area contributed by atoms with Crippen molar-refractivity contribution in [1.82, 2.24) is 5.01 Å². The van der Waals surface area contributed by atoms with E-state index >= 15 is 0 Å². The summed E-state index contributed by atoms with van der Waals surface area (Å²) in [6.45, 7) is 0.713. The fourth-order valence-corrected chi connectivity index (χ4v) is 2.21. The molecule has 1 aliphatic heterocycles. The van der Waals surface area contributed by atoms with Crippen LogP contribution < -0.4 is 10.7 Å². The molecule has 0 radical (unpaired) electrons. The molecule has 6 heteroatoms. The summed E-state index contributed by atoms with van der Waals surface area (Å²) >= 11 is 0. The van der Waals surface area contributed by atoms with Gasteiger partial charge in [0.25, 0.3) is 0 Å². The normalized spacial score (nSPS) is 16.8. The highest BCUT2D eigenvalue weighted by molar-refractivity contribution is 5.81. The van der Waals surface area contributed by atoms with Gasteiger partial charge in [-0.15, -0.1) is 0 Å². The van der Waals surface area contributed by atoms with Gasteiger partial charge in [0.05, 0.1) is 11.6 Å². The fourth-order valence-electron chi connectivity index (χ4n) is 2.21. The monoisotopic (exact) mass is 263 g/mol. The Morgan fingerprint density at radius 3 is 2.47 bits per heavy atom. The smallest absolute Gasteiger partial charge is 0.312 e. The Morgan fingerprint density at radius 2 is 2.05 bits per heavy atom. The van der Waals surface area contributed by atoms with Crippen LogP contribution in [0.5, 0.6) is 0 Å². The van der Waals surface area contributed by atoms with Gasteiger partial charge in [0.15, 0.2) is 0 Å². The largest absolute Gasteiger partial charge is 0.481 e. The third-order valence-corrected chi connectivity index (χ3v) is 3.39. The van der Waals surface area contributed by atoms with Crippen LogP contribution >= 0.6 is 0 Å². The molecule has 1 atom stereocenters. The summed E-state index contributed by atoms with van der Waals surface area (Å²) in [5.74, 6) is -1.54. The highest BCUT2D eigenvalue weighted by Crippen LogP contribution is 2.24. The minimum Gasteiger partial charge on any atom is -0.481 e. The Bertz CT molecular complexity index is 486. The third-order valence-electron chi connectivity index (χ3n) is 3.39. The maximum absolute atomic E-state index is 11.5. The summed E-state index contributed by atoms with van der Waals surface area (Å²) < 4.78 is 0. The number of hydrogen-bond donors (Lipinski definition) is 2. The van der Waals surface area contributed by atoms with Gasteiger partial charge in [-0.3, -0.25) is 19.6 Å². The van der Waals surface area contributed by atoms with Crippen LogP contribution in [0.2, 0.25) is 0 Å². The van der Waals surface area contributed by atoms with E-state index in [-0.39, 0.29) is 12.5 Å². The van der Waals surface area contributed by atoms with E-state index in [1.165, 1.54) is 0 Å². The molecule has 1 amide bonds. The first-order valence-electron chi connectivity index (χ1n) is 6.11. The van der Waals surface area contributed by atoms with Crippen molar-refractivity contribution in [3.63, 3.8) is 0 Å². The number of hydrazine groups is 1. The number of aliphatic carboxylic acids is 1. The van der Waals surface area contributed by atoms with Crippen molar-refractivity contribution in [3.05, 3.63) is 29.8 Å². The molecule has 1 aliphatic rings. The molecule has 0 spiro atoms. The Balaban J connectivity index is 2.19. The topological polar surface area (TPSA) is 86.9 Å². The van der Waals surface area contributed by atoms with Gasteiger partial charge >= 0.3 is 5.97 Å². The molecular weight excluding hydrogens is 246 g/mol. The molecular formula is C13H17N3O3. The highest BCUT2D eigenvalue weighted by Gasteiger charge is 2.26. The molecule has 6 nitrogen and oxygen atoms in total. The number of hydrogen-bond acceptors (Lipinski definition) is 4. The quantitative estimate of drug-likeness (QED) is 0.821. The van der Waals surface area contributed by atoms with Crippen LogP contribution in [0.15, 0.2) is 24.3 Å². The average molecular weight is 263 g/mol. The Kier molecular flexibility index (Phi) is 3.71. The van der Waals surface area contributed by atoms with Crippen molar-refractivity contribution in [3.8, 4) is 0 Å². The zero-order valence-corrected chi connectivity index (χ0v) is 10.7. The third kappa shape index (κ3) is 2.53. The molecule has 1 fully saturated rings. The lowest BCUT2D eigenvalue weighted by molar-refractivity contribution is -0.138. The summed E-state index contributed by atoms with van der Waals surface area (Å²) in [7, 11) is 1.73. The number of nitrogens with zero attached hydrogens (tertiary/aromatic N) is 2. The van der Waals surface area contributed by atoms with Crippen molar-refractivity contribution in [2.45, 2.75) is 12.3 Å². The molecule has 19 heavy (non-hydrogen) atoms. The van der Waals surface area contributed by atoms with Crippen LogP contribution in [-0.4, -0.2) is 42.1 Å². The summed E-state index contributed by atoms with van der Waals surface area (Å²) in [5, 5.41) is 12.5. The molecule has 0 aromatic heterocycles. The SMILES string of the molecule is CN1C(=O)CCN1c1ccc(C(CN)C(=O)O)cc1. The molecule has 0 aliphatic carbocycles. The van der Waals surface area contributed by atoms with Crippen molar-refractivity contribution < 1.29 is 14.7 Å². The zero-order chi connectivity index (χ0) is 14.0. The lowest BCUT2D eigenvalue weighted by Crippen LogP contribution is -2.35. The molecule has 102 valence electrons. The molecule has 1 aromatic rings. The molecule has 1 heterocycles. The van der Waals surface area contributed by atoms with Gasteiger partial charge in [-0.25, -0.2) is 0 Å². The second kappa shape index (κ2) is 5.27. The number of rotatable bonds is 4. The first-order valence-corrected chi connectivity index (χ1v) is 6.11. The van der Waals surface area contributed by atoms with E-state index in [2.05, 4.69) is 0 Å². The molecule has 0 saturated carbocycles. The van der Waals surface area contributed by atoms with E-state index < -0.39 is 11.9 Å². The van der Waals surface area contributed by atoms with Crippen LogP contribution in [0, 0.1) is 0 Å². The van der Waals surface area contributed by atoms with E-state index in [0.29, 0.717) is 18.5 Å². The van der Waals surface area contributed by atoms with Gasteiger partial charge in [-0.1, -0.05) is 12.1 Å². The van der Waals surface area contributed by atoms with E-state index in [4.69, 9.17) is 10.8 Å². The molecule has 2 rings (SSSR count). The molecule has 1 unspecified atom stereocenters. The number of benzene rings is 1. The number of carbonyl (C=O) groups excluding carboxylic acids is 1. The van der Waals surface area contributed by atoms with E-state index in [0.717, 1.165) is 5.69 Å². The number of carbonyl (C=O) groups is 2. The summed E-state index contributed by atoms with van der Waals surface area (Å²) in [5.41, 5.74) is 7.01. The van der Waals surface area contributed by atoms with Crippen LogP contribution in [0.3, 0.4) is 0 Å². The summed E-state index contributed by atoms with van der Waals surface area (Å²) in [6.07, 6.45) is 0.499. The number of carboxylic acid groups (broad SMARTS) is 1. The zero-order valence-electron chi connectivity index (χ0n) is 10.7. The number of anilines is 1. The lowest BCUT2D eigenvalue weighted by Gasteiger charge is -2.26. The van der Waals surface area contributed by atoms with E-state index in [1.807, 2.05) is 17.1 Å². The van der Waals surface area contributed by atoms with Crippen LogP contribution in [0.25, 0.3) is 0 Å². The van der Waals surface area contributed by atoms with Crippen molar-refractivity contribution in [2.75, 3.05) is 25.1 Å². The van der Waals surface area contributed by atoms with Gasteiger partial charge < -0.3 is 10.8 Å². The summed E-state index contributed by atoms with van der Waals surface area (Å²) in [6, 6.07) is 7.13. The van der Waals surface area contributed by atoms with Gasteiger partial charge in [0.1, 0.15) is 0 Å². The van der Waals surface area contributed by atoms with Crippen molar-refractivity contribution in [2.24, 2.45) is 5.73 Å². The van der Waals surface area contributed by atoms with Gasteiger partial charge in [-0.05, 0) is 17.7 Å². The Hall–Kier alpha value is -2.08. The fraction of sp³-hybridized carbons (Fsp3) is 0.385. The molecule has 1 saturated heterocycles. The van der Waals surface area contributed by atoms with Crippen LogP contribution in [-0.2, 0) is 9.59 Å². The number of nitrogens with two attached hydrogens (primary N) is 1. The predicted molar refractivity (Wildman–Crippen MR) is 70.6 cm³/mol. The van der Waals surface area contributed by atoms with E-state index in [9.17, 15) is 9.59 Å². The van der Waals surface area contributed by atoms with Gasteiger partial charge in [0, 0.05) is 26.6 Å². The Labute approximate surface area is 111 Å². The second-order valence-corrected chi connectivity index (χ2v) is 4.51. The molecule has 0 bridgehead atoms. The number of carboxylic acids is 1. The van der Waals surface area contributed by atoms with Gasteiger partial charge in [0.2, 0.25) is 5.91 Å². The predicted octanol–water partition coefficient (Wildman–Crippen LogP) is 0.397. The first-order chi connectivity index (χ1) is 9.04. The van der Waals surface area contributed by atoms with Crippen LogP contribution in [0.4, 0.5) is 5.69 Å². The van der Waals surface area contributed by atoms with Crippen molar-refractivity contribution >= 4 is 17.6 Å².